The van der Waals surface area contributed by atoms with Crippen molar-refractivity contribution in [2.45, 2.75) is 20.8 Å². The third kappa shape index (κ3) is 6.43. The van der Waals surface area contributed by atoms with Gasteiger partial charge in [0.2, 0.25) is 5.91 Å². The molecule has 1 rings (SSSR count). The molecule has 0 aliphatic heterocycles. The van der Waals surface area contributed by atoms with Gasteiger partial charge in [-0.25, -0.2) is 0 Å². The van der Waals surface area contributed by atoms with Gasteiger partial charge in [-0.2, -0.15) is 0 Å². The van der Waals surface area contributed by atoms with E-state index < -0.39 is 0 Å². The predicted octanol–water partition coefficient (Wildman–Crippen LogP) is 3.01. The van der Waals surface area contributed by atoms with Crippen molar-refractivity contribution >= 4 is 18.0 Å². The van der Waals surface area contributed by atoms with Gasteiger partial charge in [-0.3, -0.25) is 9.59 Å². The van der Waals surface area contributed by atoms with E-state index >= 15 is 0 Å². The maximum absolute atomic E-state index is 12.7. The number of carbonyl (C=O) groups excluding carboxylic acids is 2. The van der Waals surface area contributed by atoms with Gasteiger partial charge in [0.25, 0.3) is 0 Å². The van der Waals surface area contributed by atoms with Crippen LogP contribution in [0.15, 0.2) is 24.3 Å². The molecule has 0 radical (unpaired) electrons. The van der Waals surface area contributed by atoms with Gasteiger partial charge >= 0.3 is 5.97 Å². The summed E-state index contributed by atoms with van der Waals surface area (Å²) >= 11 is 0. The van der Waals surface area contributed by atoms with Gasteiger partial charge in [0.1, 0.15) is 11.5 Å². The van der Waals surface area contributed by atoms with Crippen LogP contribution in [0.25, 0.3) is 6.08 Å². The topological polar surface area (TPSA) is 65.1 Å². The highest BCUT2D eigenvalue weighted by molar-refractivity contribution is 5.92. The van der Waals surface area contributed by atoms with Crippen LogP contribution >= 0.6 is 0 Å². The fourth-order valence-corrected chi connectivity index (χ4v) is 2.54. The van der Waals surface area contributed by atoms with E-state index in [1.54, 1.807) is 50.3 Å². The number of esters is 1. The fraction of sp³-hybridized carbons (Fsp3) is 0.500. The SMILES string of the molecule is COC(=O)C(C)CN(CC(C)C)C(=O)/C=C/c1cc(OC)ccc1OC. The Kier molecular flexibility index (Phi) is 8.68. The van der Waals surface area contributed by atoms with E-state index in [1.807, 2.05) is 13.8 Å². The molecule has 0 aromatic heterocycles. The van der Waals surface area contributed by atoms with Crippen molar-refractivity contribution in [1.82, 2.24) is 4.90 Å². The fourth-order valence-electron chi connectivity index (χ4n) is 2.54. The first kappa shape index (κ1) is 21.5. The van der Waals surface area contributed by atoms with Crippen LogP contribution in [-0.4, -0.2) is 51.2 Å². The van der Waals surface area contributed by atoms with Crippen molar-refractivity contribution in [3.63, 3.8) is 0 Å². The predicted molar refractivity (Wildman–Crippen MR) is 101 cm³/mol. The van der Waals surface area contributed by atoms with Crippen LogP contribution in [-0.2, 0) is 14.3 Å². The van der Waals surface area contributed by atoms with E-state index in [1.165, 1.54) is 13.2 Å². The summed E-state index contributed by atoms with van der Waals surface area (Å²) in [6.45, 7) is 6.67. The molecule has 144 valence electrons. The van der Waals surface area contributed by atoms with Crippen LogP contribution < -0.4 is 9.47 Å². The lowest BCUT2D eigenvalue weighted by molar-refractivity contribution is -0.146. The molecule has 26 heavy (non-hydrogen) atoms. The third-order valence-corrected chi connectivity index (χ3v) is 3.84. The first-order valence-electron chi connectivity index (χ1n) is 8.59. The third-order valence-electron chi connectivity index (χ3n) is 3.84. The van der Waals surface area contributed by atoms with Crippen LogP contribution in [0.5, 0.6) is 11.5 Å². The zero-order valence-electron chi connectivity index (χ0n) is 16.4. The molecule has 0 saturated heterocycles. The Hall–Kier alpha value is -2.50. The molecular formula is C20H29NO5. The van der Waals surface area contributed by atoms with E-state index in [0.29, 0.717) is 24.6 Å². The van der Waals surface area contributed by atoms with Crippen LogP contribution in [0.3, 0.4) is 0 Å². The van der Waals surface area contributed by atoms with E-state index in [9.17, 15) is 9.59 Å². The minimum absolute atomic E-state index is 0.167. The normalized spacial score (nSPS) is 12.1. The molecule has 0 bridgehead atoms. The Morgan fingerprint density at radius 2 is 1.77 bits per heavy atom. The van der Waals surface area contributed by atoms with Gasteiger partial charge in [0.05, 0.1) is 27.2 Å². The van der Waals surface area contributed by atoms with E-state index in [4.69, 9.17) is 14.2 Å². The molecule has 6 heteroatoms. The van der Waals surface area contributed by atoms with Crippen LogP contribution in [0.4, 0.5) is 0 Å². The summed E-state index contributed by atoms with van der Waals surface area (Å²) in [5.41, 5.74) is 0.741. The average molecular weight is 363 g/mol. The summed E-state index contributed by atoms with van der Waals surface area (Å²) in [5.74, 6) is 0.722. The smallest absolute Gasteiger partial charge is 0.310 e. The van der Waals surface area contributed by atoms with Crippen LogP contribution in [0.1, 0.15) is 26.3 Å². The number of methoxy groups -OCH3 is 3. The first-order chi connectivity index (χ1) is 12.3. The van der Waals surface area contributed by atoms with Crippen molar-refractivity contribution in [1.29, 1.82) is 0 Å². The summed E-state index contributed by atoms with van der Waals surface area (Å²) in [6, 6.07) is 5.38. The zero-order chi connectivity index (χ0) is 19.7. The second kappa shape index (κ2) is 10.5. The van der Waals surface area contributed by atoms with E-state index in [0.717, 1.165) is 5.56 Å². The number of carbonyl (C=O) groups is 2. The highest BCUT2D eigenvalue weighted by Crippen LogP contribution is 2.25. The summed E-state index contributed by atoms with van der Waals surface area (Å²) in [4.78, 5) is 26.0. The molecule has 1 aromatic carbocycles. The standard InChI is InChI=1S/C20H29NO5/c1-14(2)12-21(13-15(3)20(23)26-6)19(22)10-7-16-11-17(24-4)8-9-18(16)25-5/h7-11,14-15H,12-13H2,1-6H3/b10-7+. The highest BCUT2D eigenvalue weighted by Gasteiger charge is 2.21. The number of hydrogen-bond donors (Lipinski definition) is 0. The Bertz CT molecular complexity index is 639. The number of amides is 1. The quantitative estimate of drug-likeness (QED) is 0.498. The van der Waals surface area contributed by atoms with Crippen molar-refractivity contribution in [2.24, 2.45) is 11.8 Å². The van der Waals surface area contributed by atoms with Gasteiger partial charge in [-0.15, -0.1) is 0 Å². The molecule has 0 aliphatic rings. The summed E-state index contributed by atoms with van der Waals surface area (Å²) in [7, 11) is 4.51. The molecule has 0 aliphatic carbocycles. The van der Waals surface area contributed by atoms with Crippen LogP contribution in [0, 0.1) is 11.8 Å². The Morgan fingerprint density at radius 1 is 1.08 bits per heavy atom. The lowest BCUT2D eigenvalue weighted by Gasteiger charge is -2.25. The highest BCUT2D eigenvalue weighted by atomic mass is 16.5. The van der Waals surface area contributed by atoms with Gasteiger partial charge in [0.15, 0.2) is 0 Å². The summed E-state index contributed by atoms with van der Waals surface area (Å²) in [5, 5.41) is 0. The Labute approximate surface area is 155 Å². The summed E-state index contributed by atoms with van der Waals surface area (Å²) < 4.78 is 15.3. The molecule has 6 nitrogen and oxygen atoms in total. The average Bonchev–Trinajstić information content (AvgIpc) is 2.63. The molecule has 0 spiro atoms. The lowest BCUT2D eigenvalue weighted by atomic mass is 10.1. The van der Waals surface area contributed by atoms with E-state index in [2.05, 4.69) is 0 Å². The van der Waals surface area contributed by atoms with Gasteiger partial charge in [0, 0.05) is 24.7 Å². The van der Waals surface area contributed by atoms with Crippen LogP contribution in [0.2, 0.25) is 0 Å². The lowest BCUT2D eigenvalue weighted by Crippen LogP contribution is -2.38. The monoisotopic (exact) mass is 363 g/mol. The van der Waals surface area contributed by atoms with Crippen molar-refractivity contribution < 1.29 is 23.8 Å². The number of ether oxygens (including phenoxy) is 3. The molecule has 1 amide bonds. The zero-order valence-corrected chi connectivity index (χ0v) is 16.4. The van der Waals surface area contributed by atoms with E-state index in [-0.39, 0.29) is 23.7 Å². The number of hydrogen-bond acceptors (Lipinski definition) is 5. The second-order valence-corrected chi connectivity index (χ2v) is 6.50. The molecule has 0 heterocycles. The number of rotatable bonds is 9. The minimum atomic E-state index is -0.387. The number of nitrogens with zero attached hydrogens (tertiary/aromatic N) is 1. The van der Waals surface area contributed by atoms with Crippen molar-refractivity contribution in [3.05, 3.63) is 29.8 Å². The summed E-state index contributed by atoms with van der Waals surface area (Å²) in [6.07, 6.45) is 3.18. The molecule has 0 saturated carbocycles. The van der Waals surface area contributed by atoms with Crippen molar-refractivity contribution in [3.8, 4) is 11.5 Å². The molecular weight excluding hydrogens is 334 g/mol. The van der Waals surface area contributed by atoms with Gasteiger partial charge < -0.3 is 19.1 Å². The molecule has 1 unspecified atom stereocenters. The molecule has 0 fully saturated rings. The van der Waals surface area contributed by atoms with Gasteiger partial charge in [-0.05, 0) is 30.2 Å². The maximum atomic E-state index is 12.7. The Morgan fingerprint density at radius 3 is 2.31 bits per heavy atom. The molecule has 1 atom stereocenters. The number of benzene rings is 1. The largest absolute Gasteiger partial charge is 0.497 e. The first-order valence-corrected chi connectivity index (χ1v) is 8.59. The molecule has 0 N–H and O–H groups in total. The maximum Gasteiger partial charge on any atom is 0.310 e. The second-order valence-electron chi connectivity index (χ2n) is 6.50. The van der Waals surface area contributed by atoms with Crippen molar-refractivity contribution in [2.75, 3.05) is 34.4 Å². The minimum Gasteiger partial charge on any atom is -0.497 e. The molecule has 1 aromatic rings. The van der Waals surface area contributed by atoms with Gasteiger partial charge in [-0.1, -0.05) is 20.8 Å². The Balaban J connectivity index is 2.98.